The number of methoxy groups -OCH3 is 1. The average Bonchev–Trinajstić information content (AvgIpc) is 2.97. The Hall–Kier alpha value is -3.51. The summed E-state index contributed by atoms with van der Waals surface area (Å²) >= 11 is 0. The number of Topliss-reactive ketones (excluding diaryl/α,β-unsaturated/α-hetero) is 1. The number of para-hydroxylation sites is 2. The Morgan fingerprint density at radius 3 is 2.47 bits per heavy atom. The summed E-state index contributed by atoms with van der Waals surface area (Å²) in [5.74, 6) is -1.16. The zero-order chi connectivity index (χ0) is 21.3. The number of aliphatic hydroxyl groups is 1. The van der Waals surface area contributed by atoms with Crippen LogP contribution in [0.15, 0.2) is 72.8 Å². The molecule has 1 aliphatic rings. The van der Waals surface area contributed by atoms with Gasteiger partial charge in [0, 0.05) is 11.1 Å². The molecule has 0 radical (unpaired) electrons. The van der Waals surface area contributed by atoms with Gasteiger partial charge < -0.3 is 14.7 Å². The highest BCUT2D eigenvalue weighted by Crippen LogP contribution is 2.44. The van der Waals surface area contributed by atoms with Gasteiger partial charge in [0.1, 0.15) is 11.6 Å². The molecule has 152 valence electrons. The number of carbonyl (C=O) groups is 2. The predicted molar refractivity (Wildman–Crippen MR) is 110 cm³/mol. The Bertz CT molecular complexity index is 1130. The Morgan fingerprint density at radius 2 is 1.70 bits per heavy atom. The summed E-state index contributed by atoms with van der Waals surface area (Å²) in [4.78, 5) is 27.6. The van der Waals surface area contributed by atoms with E-state index in [4.69, 9.17) is 4.74 Å². The van der Waals surface area contributed by atoms with Crippen LogP contribution in [-0.4, -0.2) is 23.9 Å². The van der Waals surface area contributed by atoms with E-state index in [0.717, 1.165) is 0 Å². The van der Waals surface area contributed by atoms with Gasteiger partial charge in [-0.1, -0.05) is 48.5 Å². The minimum atomic E-state index is -2.04. The number of ketones is 1. The van der Waals surface area contributed by atoms with Crippen molar-refractivity contribution >= 4 is 17.4 Å². The number of fused-ring (bicyclic) bond motifs is 1. The molecule has 4 rings (SSSR count). The molecule has 1 aliphatic heterocycles. The van der Waals surface area contributed by atoms with Crippen molar-refractivity contribution in [2.75, 3.05) is 12.0 Å². The monoisotopic (exact) mass is 405 g/mol. The maximum atomic E-state index is 14.2. The molecule has 0 unspecified atom stereocenters. The first-order valence-electron chi connectivity index (χ1n) is 9.49. The number of nitrogens with zero attached hydrogens (tertiary/aromatic N) is 1. The second kappa shape index (κ2) is 7.72. The molecule has 0 aromatic heterocycles. The first kappa shape index (κ1) is 19.8. The van der Waals surface area contributed by atoms with Crippen LogP contribution < -0.4 is 9.64 Å². The number of rotatable bonds is 6. The molecule has 1 atom stereocenters. The van der Waals surface area contributed by atoms with Crippen LogP contribution in [0.25, 0.3) is 0 Å². The van der Waals surface area contributed by atoms with Gasteiger partial charge in [0.05, 0.1) is 31.3 Å². The average molecular weight is 405 g/mol. The van der Waals surface area contributed by atoms with Gasteiger partial charge in [0.25, 0.3) is 5.91 Å². The van der Waals surface area contributed by atoms with Crippen molar-refractivity contribution in [3.63, 3.8) is 0 Å². The highest BCUT2D eigenvalue weighted by atomic mass is 19.1. The number of carbonyl (C=O) groups excluding carboxylic acids is 2. The summed E-state index contributed by atoms with van der Waals surface area (Å²) < 4.78 is 19.4. The van der Waals surface area contributed by atoms with Crippen LogP contribution in [0.2, 0.25) is 0 Å². The molecule has 5 nitrogen and oxygen atoms in total. The van der Waals surface area contributed by atoms with Gasteiger partial charge in [-0.15, -0.1) is 0 Å². The maximum Gasteiger partial charge on any atom is 0.264 e. The number of benzene rings is 3. The summed E-state index contributed by atoms with van der Waals surface area (Å²) in [7, 11) is 1.45. The first-order valence-corrected chi connectivity index (χ1v) is 9.49. The summed E-state index contributed by atoms with van der Waals surface area (Å²) in [6.45, 7) is -0.0479. The number of anilines is 1. The van der Waals surface area contributed by atoms with Crippen LogP contribution in [-0.2, 0) is 16.9 Å². The molecule has 0 aliphatic carbocycles. The van der Waals surface area contributed by atoms with E-state index < -0.39 is 29.5 Å². The third-order valence-corrected chi connectivity index (χ3v) is 5.35. The number of halogens is 1. The van der Waals surface area contributed by atoms with E-state index in [9.17, 15) is 19.1 Å². The van der Waals surface area contributed by atoms with E-state index in [0.29, 0.717) is 22.6 Å². The van der Waals surface area contributed by atoms with Crippen molar-refractivity contribution in [2.45, 2.75) is 18.6 Å². The predicted octanol–water partition coefficient (Wildman–Crippen LogP) is 3.84. The van der Waals surface area contributed by atoms with E-state index in [2.05, 4.69) is 0 Å². The van der Waals surface area contributed by atoms with Crippen molar-refractivity contribution in [1.82, 2.24) is 0 Å². The summed E-state index contributed by atoms with van der Waals surface area (Å²) in [6, 6.07) is 19.5. The van der Waals surface area contributed by atoms with E-state index in [-0.39, 0.29) is 12.1 Å². The van der Waals surface area contributed by atoms with Crippen molar-refractivity contribution in [3.8, 4) is 5.75 Å². The summed E-state index contributed by atoms with van der Waals surface area (Å²) in [5, 5.41) is 11.4. The SMILES string of the molecule is COc1ccccc1C(=O)C[C@@]1(O)C(=O)N(Cc2ccccc2F)c2ccccc21. The molecule has 6 heteroatoms. The normalized spacial score (nSPS) is 17.7. The molecule has 0 spiro atoms. The van der Waals surface area contributed by atoms with E-state index in [1.165, 1.54) is 18.1 Å². The zero-order valence-corrected chi connectivity index (χ0v) is 16.3. The minimum Gasteiger partial charge on any atom is -0.496 e. The molecular weight excluding hydrogens is 385 g/mol. The van der Waals surface area contributed by atoms with E-state index in [1.807, 2.05) is 0 Å². The van der Waals surface area contributed by atoms with Gasteiger partial charge in [-0.3, -0.25) is 9.59 Å². The van der Waals surface area contributed by atoms with Crippen LogP contribution in [0.1, 0.15) is 27.9 Å². The number of ether oxygens (including phenoxy) is 1. The van der Waals surface area contributed by atoms with Crippen LogP contribution in [0.3, 0.4) is 0 Å². The lowest BCUT2D eigenvalue weighted by Gasteiger charge is -2.23. The molecule has 0 saturated heterocycles. The molecule has 0 saturated carbocycles. The molecule has 0 bridgehead atoms. The maximum absolute atomic E-state index is 14.2. The molecule has 1 N–H and O–H groups in total. The summed E-state index contributed by atoms with van der Waals surface area (Å²) in [6.07, 6.45) is -0.447. The Kier molecular flexibility index (Phi) is 5.10. The number of hydrogen-bond donors (Lipinski definition) is 1. The molecule has 3 aromatic rings. The zero-order valence-electron chi connectivity index (χ0n) is 16.3. The molecule has 1 amide bonds. The van der Waals surface area contributed by atoms with Crippen LogP contribution >= 0.6 is 0 Å². The lowest BCUT2D eigenvalue weighted by atomic mass is 9.88. The molecule has 3 aromatic carbocycles. The van der Waals surface area contributed by atoms with Gasteiger partial charge >= 0.3 is 0 Å². The lowest BCUT2D eigenvalue weighted by Crippen LogP contribution is -2.41. The van der Waals surface area contributed by atoms with Crippen molar-refractivity contribution in [2.24, 2.45) is 0 Å². The van der Waals surface area contributed by atoms with E-state index in [1.54, 1.807) is 66.7 Å². The molecule has 30 heavy (non-hydrogen) atoms. The lowest BCUT2D eigenvalue weighted by molar-refractivity contribution is -0.136. The molecule has 0 fully saturated rings. The van der Waals surface area contributed by atoms with Gasteiger partial charge in [0.15, 0.2) is 11.4 Å². The fourth-order valence-corrected chi connectivity index (χ4v) is 3.83. The fraction of sp³-hybridized carbons (Fsp3) is 0.167. The van der Waals surface area contributed by atoms with Crippen LogP contribution in [0, 0.1) is 5.82 Å². The summed E-state index contributed by atoms with van der Waals surface area (Å²) in [5.41, 5.74) is -0.650. The highest BCUT2D eigenvalue weighted by Gasteiger charge is 2.51. The van der Waals surface area contributed by atoms with Crippen molar-refractivity contribution in [3.05, 3.63) is 95.3 Å². The van der Waals surface area contributed by atoms with Gasteiger partial charge in [-0.25, -0.2) is 4.39 Å². The van der Waals surface area contributed by atoms with Crippen molar-refractivity contribution < 1.29 is 23.8 Å². The van der Waals surface area contributed by atoms with Gasteiger partial charge in [0.2, 0.25) is 0 Å². The van der Waals surface area contributed by atoms with Gasteiger partial charge in [-0.2, -0.15) is 0 Å². The third-order valence-electron chi connectivity index (χ3n) is 5.35. The second-order valence-electron chi connectivity index (χ2n) is 7.16. The van der Waals surface area contributed by atoms with Crippen LogP contribution in [0.4, 0.5) is 10.1 Å². The Morgan fingerprint density at radius 1 is 1.03 bits per heavy atom. The Labute approximate surface area is 173 Å². The Balaban J connectivity index is 1.70. The molecular formula is C24H20FNO4. The number of amides is 1. The quantitative estimate of drug-likeness (QED) is 0.633. The minimum absolute atomic E-state index is 0.0479. The standard InChI is InChI=1S/C24H20FNO4/c1-30-22-13-7-3-9-17(22)21(27)14-24(29)18-10-4-6-12-20(18)26(23(24)28)15-16-8-2-5-11-19(16)25/h2-13,29H,14-15H2,1H3/t24-/m0/s1. The number of hydrogen-bond acceptors (Lipinski definition) is 4. The first-order chi connectivity index (χ1) is 14.5. The van der Waals surface area contributed by atoms with E-state index >= 15 is 0 Å². The topological polar surface area (TPSA) is 66.8 Å². The largest absolute Gasteiger partial charge is 0.496 e. The third kappa shape index (κ3) is 3.25. The van der Waals surface area contributed by atoms with Crippen LogP contribution in [0.5, 0.6) is 5.75 Å². The highest BCUT2D eigenvalue weighted by molar-refractivity contribution is 6.11. The van der Waals surface area contributed by atoms with Gasteiger partial charge in [-0.05, 0) is 24.3 Å². The molecule has 1 heterocycles. The smallest absolute Gasteiger partial charge is 0.264 e. The fourth-order valence-electron chi connectivity index (χ4n) is 3.83. The second-order valence-corrected chi connectivity index (χ2v) is 7.16. The van der Waals surface area contributed by atoms with Crippen molar-refractivity contribution in [1.29, 1.82) is 0 Å².